The zero-order valence-corrected chi connectivity index (χ0v) is 10.9. The molecule has 0 saturated carbocycles. The normalized spacial score (nSPS) is 11.0. The van der Waals surface area contributed by atoms with Crippen LogP contribution in [0.4, 0.5) is 4.39 Å². The molecule has 0 aliphatic heterocycles. The summed E-state index contributed by atoms with van der Waals surface area (Å²) in [7, 11) is 0. The fourth-order valence-corrected chi connectivity index (χ4v) is 1.68. The SMILES string of the molecule is O=C(O)/C(=C/c1ccccc1F)NC(=O)c1ccccc1. The van der Waals surface area contributed by atoms with Crippen LogP contribution in [0.2, 0.25) is 0 Å². The molecule has 0 fully saturated rings. The van der Waals surface area contributed by atoms with Crippen molar-refractivity contribution in [1.82, 2.24) is 5.32 Å². The number of carbonyl (C=O) groups excluding carboxylic acids is 1. The van der Waals surface area contributed by atoms with Crippen LogP contribution in [0.25, 0.3) is 6.08 Å². The van der Waals surface area contributed by atoms with Gasteiger partial charge in [0.15, 0.2) is 0 Å². The average molecular weight is 285 g/mol. The molecule has 0 radical (unpaired) electrons. The first kappa shape index (κ1) is 14.5. The number of carboxylic acid groups (broad SMARTS) is 1. The number of hydrogen-bond donors (Lipinski definition) is 2. The van der Waals surface area contributed by atoms with E-state index in [4.69, 9.17) is 5.11 Å². The Morgan fingerprint density at radius 2 is 1.62 bits per heavy atom. The zero-order chi connectivity index (χ0) is 15.2. The van der Waals surface area contributed by atoms with E-state index in [1.165, 1.54) is 18.2 Å². The molecule has 5 heteroatoms. The molecule has 2 aromatic carbocycles. The lowest BCUT2D eigenvalue weighted by Crippen LogP contribution is -2.27. The highest BCUT2D eigenvalue weighted by Crippen LogP contribution is 2.11. The third-order valence-electron chi connectivity index (χ3n) is 2.72. The first-order valence-corrected chi connectivity index (χ1v) is 6.14. The lowest BCUT2D eigenvalue weighted by molar-refractivity contribution is -0.132. The summed E-state index contributed by atoms with van der Waals surface area (Å²) in [6, 6.07) is 13.9. The maximum absolute atomic E-state index is 13.5. The second-order valence-electron chi connectivity index (χ2n) is 4.20. The van der Waals surface area contributed by atoms with Crippen molar-refractivity contribution in [1.29, 1.82) is 0 Å². The van der Waals surface area contributed by atoms with Crippen molar-refractivity contribution >= 4 is 18.0 Å². The molecule has 0 aliphatic carbocycles. The van der Waals surface area contributed by atoms with E-state index in [-0.39, 0.29) is 5.56 Å². The van der Waals surface area contributed by atoms with E-state index in [1.54, 1.807) is 36.4 Å². The van der Waals surface area contributed by atoms with Crippen LogP contribution >= 0.6 is 0 Å². The summed E-state index contributed by atoms with van der Waals surface area (Å²) in [5, 5.41) is 11.4. The molecular weight excluding hydrogens is 273 g/mol. The molecule has 2 rings (SSSR count). The van der Waals surface area contributed by atoms with Gasteiger partial charge in [0.2, 0.25) is 0 Å². The Bertz CT molecular complexity index is 696. The Morgan fingerprint density at radius 3 is 2.24 bits per heavy atom. The summed E-state index contributed by atoms with van der Waals surface area (Å²) in [4.78, 5) is 23.1. The molecule has 0 aliphatic rings. The summed E-state index contributed by atoms with van der Waals surface area (Å²) in [5.41, 5.74) is 0.00963. The molecule has 2 N–H and O–H groups in total. The zero-order valence-electron chi connectivity index (χ0n) is 10.9. The van der Waals surface area contributed by atoms with Gasteiger partial charge in [-0.15, -0.1) is 0 Å². The fraction of sp³-hybridized carbons (Fsp3) is 0. The van der Waals surface area contributed by atoms with Gasteiger partial charge in [-0.1, -0.05) is 36.4 Å². The van der Waals surface area contributed by atoms with Gasteiger partial charge in [0, 0.05) is 11.1 Å². The Balaban J connectivity index is 2.27. The first-order chi connectivity index (χ1) is 10.1. The minimum atomic E-state index is -1.34. The minimum Gasteiger partial charge on any atom is -0.477 e. The second-order valence-corrected chi connectivity index (χ2v) is 4.20. The average Bonchev–Trinajstić information content (AvgIpc) is 2.49. The van der Waals surface area contributed by atoms with Crippen LogP contribution in [0.5, 0.6) is 0 Å². The topological polar surface area (TPSA) is 66.4 Å². The van der Waals surface area contributed by atoms with Crippen LogP contribution in [0.3, 0.4) is 0 Å². The molecule has 2 aromatic rings. The maximum atomic E-state index is 13.5. The summed E-state index contributed by atoms with van der Waals surface area (Å²) < 4.78 is 13.5. The van der Waals surface area contributed by atoms with Gasteiger partial charge in [-0.05, 0) is 24.3 Å². The van der Waals surface area contributed by atoms with Gasteiger partial charge in [-0.2, -0.15) is 0 Å². The molecule has 4 nitrogen and oxygen atoms in total. The third kappa shape index (κ3) is 3.76. The van der Waals surface area contributed by atoms with Gasteiger partial charge in [0.25, 0.3) is 5.91 Å². The van der Waals surface area contributed by atoms with Crippen molar-refractivity contribution in [2.24, 2.45) is 0 Å². The van der Waals surface area contributed by atoms with Crippen molar-refractivity contribution in [2.75, 3.05) is 0 Å². The first-order valence-electron chi connectivity index (χ1n) is 6.14. The number of rotatable bonds is 4. The predicted octanol–water partition coefficient (Wildman–Crippen LogP) is 2.68. The van der Waals surface area contributed by atoms with Crippen LogP contribution in [0.15, 0.2) is 60.3 Å². The van der Waals surface area contributed by atoms with E-state index in [2.05, 4.69) is 5.32 Å². The monoisotopic (exact) mass is 285 g/mol. The van der Waals surface area contributed by atoms with Crippen LogP contribution < -0.4 is 5.32 Å². The van der Waals surface area contributed by atoms with Gasteiger partial charge in [0.05, 0.1) is 0 Å². The largest absolute Gasteiger partial charge is 0.477 e. The molecule has 0 spiro atoms. The van der Waals surface area contributed by atoms with Crippen molar-refractivity contribution in [3.8, 4) is 0 Å². The Morgan fingerprint density at radius 1 is 1.00 bits per heavy atom. The number of halogens is 1. The quantitative estimate of drug-likeness (QED) is 0.849. The molecular formula is C16H12FNO3. The molecule has 0 unspecified atom stereocenters. The summed E-state index contributed by atoms with van der Waals surface area (Å²) in [6.07, 6.45) is 1.08. The molecule has 106 valence electrons. The highest BCUT2D eigenvalue weighted by Gasteiger charge is 2.13. The number of carboxylic acids is 1. The van der Waals surface area contributed by atoms with E-state index < -0.39 is 23.4 Å². The second kappa shape index (κ2) is 6.47. The standard InChI is InChI=1S/C16H12FNO3/c17-13-9-5-4-8-12(13)10-14(16(20)21)18-15(19)11-6-2-1-3-7-11/h1-10H,(H,18,19)(H,20,21)/b14-10-. The number of carbonyl (C=O) groups is 2. The molecule has 0 aromatic heterocycles. The Kier molecular flexibility index (Phi) is 4.46. The highest BCUT2D eigenvalue weighted by atomic mass is 19.1. The van der Waals surface area contributed by atoms with E-state index >= 15 is 0 Å². The number of aliphatic carboxylic acids is 1. The molecule has 0 heterocycles. The van der Waals surface area contributed by atoms with Crippen LogP contribution in [-0.4, -0.2) is 17.0 Å². The van der Waals surface area contributed by atoms with Crippen molar-refractivity contribution in [3.63, 3.8) is 0 Å². The third-order valence-corrected chi connectivity index (χ3v) is 2.72. The highest BCUT2D eigenvalue weighted by molar-refractivity contribution is 6.02. The van der Waals surface area contributed by atoms with Crippen molar-refractivity contribution < 1.29 is 19.1 Å². The van der Waals surface area contributed by atoms with Gasteiger partial charge >= 0.3 is 5.97 Å². The van der Waals surface area contributed by atoms with Crippen LogP contribution in [-0.2, 0) is 4.79 Å². The van der Waals surface area contributed by atoms with Crippen LogP contribution in [0, 0.1) is 5.82 Å². The molecule has 0 atom stereocenters. The van der Waals surface area contributed by atoms with Gasteiger partial charge < -0.3 is 10.4 Å². The lowest BCUT2D eigenvalue weighted by Gasteiger charge is -2.06. The number of nitrogens with one attached hydrogen (secondary N) is 1. The van der Waals surface area contributed by atoms with E-state index in [0.29, 0.717) is 5.56 Å². The minimum absolute atomic E-state index is 0.0864. The van der Waals surface area contributed by atoms with Gasteiger partial charge in [-0.25, -0.2) is 9.18 Å². The Labute approximate surface area is 120 Å². The number of benzene rings is 2. The fourth-order valence-electron chi connectivity index (χ4n) is 1.68. The smallest absolute Gasteiger partial charge is 0.352 e. The van der Waals surface area contributed by atoms with Crippen molar-refractivity contribution in [2.45, 2.75) is 0 Å². The van der Waals surface area contributed by atoms with Crippen molar-refractivity contribution in [3.05, 3.63) is 77.2 Å². The number of hydrogen-bond acceptors (Lipinski definition) is 2. The van der Waals surface area contributed by atoms with Crippen LogP contribution in [0.1, 0.15) is 15.9 Å². The van der Waals surface area contributed by atoms with E-state index in [1.807, 2.05) is 0 Å². The summed E-state index contributed by atoms with van der Waals surface area (Å²) in [5.74, 6) is -2.48. The predicted molar refractivity (Wildman–Crippen MR) is 75.9 cm³/mol. The van der Waals surface area contributed by atoms with Gasteiger partial charge in [-0.3, -0.25) is 4.79 Å². The molecule has 21 heavy (non-hydrogen) atoms. The van der Waals surface area contributed by atoms with E-state index in [0.717, 1.165) is 6.08 Å². The molecule has 1 amide bonds. The summed E-state index contributed by atoms with van der Waals surface area (Å²) >= 11 is 0. The maximum Gasteiger partial charge on any atom is 0.352 e. The van der Waals surface area contributed by atoms with Gasteiger partial charge in [0.1, 0.15) is 11.5 Å². The number of amides is 1. The molecule has 0 saturated heterocycles. The molecule has 0 bridgehead atoms. The summed E-state index contributed by atoms with van der Waals surface area (Å²) in [6.45, 7) is 0. The Hall–Kier alpha value is -2.95. The van der Waals surface area contributed by atoms with E-state index in [9.17, 15) is 14.0 Å². The lowest BCUT2D eigenvalue weighted by atomic mass is 10.1.